The van der Waals surface area contributed by atoms with E-state index in [1.54, 1.807) is 23.7 Å². The Morgan fingerprint density at radius 2 is 2.00 bits per heavy atom. The molecule has 0 saturated carbocycles. The monoisotopic (exact) mass is 253 g/mol. The molecule has 0 spiro atoms. The summed E-state index contributed by atoms with van der Waals surface area (Å²) < 4.78 is 2.46. The van der Waals surface area contributed by atoms with Crippen molar-refractivity contribution in [3.8, 4) is 0 Å². The second-order valence-corrected chi connectivity index (χ2v) is 4.92. The number of aromatic nitrogens is 3. The van der Waals surface area contributed by atoms with Crippen molar-refractivity contribution in [1.29, 1.82) is 0 Å². The van der Waals surface area contributed by atoms with Gasteiger partial charge in [0, 0.05) is 0 Å². The predicted octanol–water partition coefficient (Wildman–Crippen LogP) is 2.46. The van der Waals surface area contributed by atoms with E-state index in [0.29, 0.717) is 11.0 Å². The van der Waals surface area contributed by atoms with Gasteiger partial charge in [-0.05, 0) is 23.6 Å². The summed E-state index contributed by atoms with van der Waals surface area (Å²) in [5, 5.41) is 2.58. The highest BCUT2D eigenvalue weighted by atomic mass is 32.1. The number of hydrogen-bond donors (Lipinski definition) is 0. The molecule has 0 amide bonds. The summed E-state index contributed by atoms with van der Waals surface area (Å²) in [5.41, 5.74) is 2.21. The second kappa shape index (κ2) is 3.36. The van der Waals surface area contributed by atoms with Crippen LogP contribution in [0.2, 0.25) is 0 Å². The van der Waals surface area contributed by atoms with E-state index in [1.165, 1.54) is 4.40 Å². The van der Waals surface area contributed by atoms with E-state index in [9.17, 15) is 4.79 Å². The third-order valence-corrected chi connectivity index (χ3v) is 3.87. The van der Waals surface area contributed by atoms with Crippen LogP contribution in [-0.4, -0.2) is 14.4 Å². The Bertz CT molecular complexity index is 955. The molecule has 18 heavy (non-hydrogen) atoms. The molecule has 4 nitrogen and oxygen atoms in total. The van der Waals surface area contributed by atoms with Crippen LogP contribution in [0, 0.1) is 0 Å². The summed E-state index contributed by atoms with van der Waals surface area (Å²) >= 11 is 1.55. The van der Waals surface area contributed by atoms with Gasteiger partial charge >= 0.3 is 0 Å². The molecule has 0 saturated heterocycles. The first-order chi connectivity index (χ1) is 8.84. The van der Waals surface area contributed by atoms with Gasteiger partial charge in [-0.15, -0.1) is 11.3 Å². The molecule has 0 fully saturated rings. The highest BCUT2D eigenvalue weighted by Gasteiger charge is 2.09. The smallest absolute Gasteiger partial charge is 0.267 e. The Morgan fingerprint density at radius 3 is 2.94 bits per heavy atom. The Hall–Kier alpha value is -2.27. The minimum atomic E-state index is -0.0709. The van der Waals surface area contributed by atoms with Crippen LogP contribution < -0.4 is 5.56 Å². The molecule has 4 aromatic rings. The topological polar surface area (TPSA) is 47.3 Å². The Labute approximate surface area is 105 Å². The summed E-state index contributed by atoms with van der Waals surface area (Å²) in [6.45, 7) is 0. The fraction of sp³-hybridized carbons (Fsp3) is 0. The van der Waals surface area contributed by atoms with Gasteiger partial charge in [0.25, 0.3) is 5.56 Å². The standard InChI is InChI=1S/C13H7N3OS/c17-13-8-3-1-2-4-9(8)15-12-11-10(5-6-18-11)14-7-16(12)13/h1-7H. The summed E-state index contributed by atoms with van der Waals surface area (Å²) in [6.07, 6.45) is 1.55. The summed E-state index contributed by atoms with van der Waals surface area (Å²) in [7, 11) is 0. The number of thiophene rings is 1. The highest BCUT2D eigenvalue weighted by molar-refractivity contribution is 7.17. The SMILES string of the molecule is O=c1c2ccccc2nc2c3sccc3ncn12. The Balaban J connectivity index is 2.38. The van der Waals surface area contributed by atoms with Gasteiger partial charge in [0.1, 0.15) is 6.33 Å². The van der Waals surface area contributed by atoms with Crippen LogP contribution in [0.1, 0.15) is 0 Å². The van der Waals surface area contributed by atoms with Crippen molar-refractivity contribution < 1.29 is 0 Å². The normalized spacial score (nSPS) is 11.6. The summed E-state index contributed by atoms with van der Waals surface area (Å²) in [4.78, 5) is 21.2. The van der Waals surface area contributed by atoms with E-state index in [0.717, 1.165) is 15.7 Å². The number of nitrogens with zero attached hydrogens (tertiary/aromatic N) is 3. The van der Waals surface area contributed by atoms with Crippen LogP contribution in [0.25, 0.3) is 26.8 Å². The molecular weight excluding hydrogens is 246 g/mol. The first-order valence-corrected chi connectivity index (χ1v) is 6.36. The maximum absolute atomic E-state index is 12.3. The zero-order valence-electron chi connectivity index (χ0n) is 9.20. The maximum Gasteiger partial charge on any atom is 0.267 e. The lowest BCUT2D eigenvalue weighted by Gasteiger charge is -2.03. The molecule has 1 aromatic carbocycles. The van der Waals surface area contributed by atoms with Crippen molar-refractivity contribution in [2.75, 3.05) is 0 Å². The van der Waals surface area contributed by atoms with Gasteiger partial charge in [0.05, 0.1) is 21.1 Å². The first kappa shape index (κ1) is 9.73. The zero-order chi connectivity index (χ0) is 12.1. The third-order valence-electron chi connectivity index (χ3n) is 2.97. The van der Waals surface area contributed by atoms with Gasteiger partial charge in [-0.2, -0.15) is 0 Å². The van der Waals surface area contributed by atoms with Crippen molar-refractivity contribution in [3.05, 3.63) is 52.4 Å². The Kier molecular flexibility index (Phi) is 1.82. The predicted molar refractivity (Wildman–Crippen MR) is 72.1 cm³/mol. The lowest BCUT2D eigenvalue weighted by atomic mass is 10.2. The largest absolute Gasteiger partial charge is 0.268 e. The van der Waals surface area contributed by atoms with Crippen molar-refractivity contribution in [2.24, 2.45) is 0 Å². The van der Waals surface area contributed by atoms with Gasteiger partial charge in [0.2, 0.25) is 0 Å². The second-order valence-electron chi connectivity index (χ2n) is 4.01. The molecule has 0 bridgehead atoms. The number of benzene rings is 1. The minimum absolute atomic E-state index is 0.0709. The summed E-state index contributed by atoms with van der Waals surface area (Å²) in [6, 6.07) is 9.31. The van der Waals surface area contributed by atoms with E-state index in [1.807, 2.05) is 29.6 Å². The van der Waals surface area contributed by atoms with Crippen LogP contribution >= 0.6 is 11.3 Å². The van der Waals surface area contributed by atoms with Crippen LogP contribution in [-0.2, 0) is 0 Å². The van der Waals surface area contributed by atoms with Gasteiger partial charge in [-0.1, -0.05) is 12.1 Å². The molecule has 3 aromatic heterocycles. The molecule has 0 aliphatic carbocycles. The highest BCUT2D eigenvalue weighted by Crippen LogP contribution is 2.22. The zero-order valence-corrected chi connectivity index (χ0v) is 10.0. The molecular formula is C13H7N3OS. The molecule has 5 heteroatoms. The molecule has 0 aliphatic rings. The van der Waals surface area contributed by atoms with E-state index in [4.69, 9.17) is 0 Å². The first-order valence-electron chi connectivity index (χ1n) is 5.48. The minimum Gasteiger partial charge on any atom is -0.268 e. The molecule has 4 rings (SSSR count). The lowest BCUT2D eigenvalue weighted by molar-refractivity contribution is 1.04. The van der Waals surface area contributed by atoms with Crippen LogP contribution in [0.5, 0.6) is 0 Å². The third kappa shape index (κ3) is 1.16. The van der Waals surface area contributed by atoms with E-state index in [2.05, 4.69) is 9.97 Å². The van der Waals surface area contributed by atoms with Gasteiger partial charge in [-0.25, -0.2) is 14.4 Å². The molecule has 86 valence electrons. The molecule has 0 radical (unpaired) electrons. The molecule has 0 atom stereocenters. The molecule has 3 heterocycles. The van der Waals surface area contributed by atoms with E-state index >= 15 is 0 Å². The quantitative estimate of drug-likeness (QED) is 0.452. The number of rotatable bonds is 0. The van der Waals surface area contributed by atoms with Gasteiger partial charge < -0.3 is 0 Å². The van der Waals surface area contributed by atoms with Crippen molar-refractivity contribution in [1.82, 2.24) is 14.4 Å². The van der Waals surface area contributed by atoms with Gasteiger partial charge in [0.15, 0.2) is 5.65 Å². The average Bonchev–Trinajstić information content (AvgIpc) is 2.88. The van der Waals surface area contributed by atoms with Crippen molar-refractivity contribution in [3.63, 3.8) is 0 Å². The fourth-order valence-corrected chi connectivity index (χ4v) is 2.93. The van der Waals surface area contributed by atoms with Gasteiger partial charge in [-0.3, -0.25) is 4.79 Å². The number of fused-ring (bicyclic) bond motifs is 4. The van der Waals surface area contributed by atoms with Crippen molar-refractivity contribution in [2.45, 2.75) is 0 Å². The van der Waals surface area contributed by atoms with E-state index < -0.39 is 0 Å². The fourth-order valence-electron chi connectivity index (χ4n) is 2.10. The number of para-hydroxylation sites is 1. The van der Waals surface area contributed by atoms with Crippen LogP contribution in [0.4, 0.5) is 0 Å². The average molecular weight is 253 g/mol. The lowest BCUT2D eigenvalue weighted by Crippen LogP contribution is -2.15. The van der Waals surface area contributed by atoms with Crippen molar-refractivity contribution >= 4 is 38.1 Å². The van der Waals surface area contributed by atoms with E-state index in [-0.39, 0.29) is 5.56 Å². The Morgan fingerprint density at radius 1 is 1.11 bits per heavy atom. The molecule has 0 N–H and O–H groups in total. The summed E-state index contributed by atoms with van der Waals surface area (Å²) in [5.74, 6) is 0. The van der Waals surface area contributed by atoms with Crippen LogP contribution in [0.15, 0.2) is 46.8 Å². The molecule has 0 unspecified atom stereocenters. The number of hydrogen-bond acceptors (Lipinski definition) is 4. The van der Waals surface area contributed by atoms with Crippen LogP contribution in [0.3, 0.4) is 0 Å². The molecule has 0 aliphatic heterocycles. The maximum atomic E-state index is 12.3.